The summed E-state index contributed by atoms with van der Waals surface area (Å²) in [6.45, 7) is 7.23. The minimum absolute atomic E-state index is 0.0788. The molecule has 1 rings (SSSR count). The fraction of sp³-hybridized carbons (Fsp3) is 0.857. The molecule has 1 N–H and O–H groups in total. The van der Waals surface area contributed by atoms with Gasteiger partial charge in [0, 0.05) is 12.3 Å². The largest absolute Gasteiger partial charge is 0.342 e. The third kappa shape index (κ3) is 3.75. The Morgan fingerprint density at radius 2 is 1.81 bits per heavy atom. The summed E-state index contributed by atoms with van der Waals surface area (Å²) in [5.41, 5.74) is -0.968. The lowest BCUT2D eigenvalue weighted by molar-refractivity contribution is -0.156. The molecular weight excluding hydrogens is 292 g/mol. The van der Waals surface area contributed by atoms with Gasteiger partial charge in [-0.3, -0.25) is 9.59 Å². The van der Waals surface area contributed by atoms with Crippen LogP contribution in [0.5, 0.6) is 0 Å². The van der Waals surface area contributed by atoms with Crippen molar-refractivity contribution >= 4 is 21.7 Å². The van der Waals surface area contributed by atoms with Gasteiger partial charge in [0.15, 0.2) is 9.84 Å². The molecule has 1 saturated heterocycles. The van der Waals surface area contributed by atoms with E-state index in [-0.39, 0.29) is 29.9 Å². The molecule has 0 bridgehead atoms. The van der Waals surface area contributed by atoms with Crippen molar-refractivity contribution < 1.29 is 18.0 Å². The number of nitrogens with one attached hydrogen (secondary N) is 1. The van der Waals surface area contributed by atoms with E-state index in [1.54, 1.807) is 13.8 Å². The van der Waals surface area contributed by atoms with Gasteiger partial charge in [-0.15, -0.1) is 0 Å². The summed E-state index contributed by atoms with van der Waals surface area (Å²) in [6.07, 6.45) is 1.51. The number of carbonyl (C=O) groups excluding carboxylic acids is 2. The first-order valence-corrected chi connectivity index (χ1v) is 9.36. The molecule has 2 atom stereocenters. The molecule has 1 fully saturated rings. The summed E-state index contributed by atoms with van der Waals surface area (Å²) < 4.78 is 23.7. The molecule has 0 aromatic carbocycles. The molecule has 1 aliphatic rings. The Labute approximate surface area is 127 Å². The lowest BCUT2D eigenvalue weighted by atomic mass is 9.90. The minimum Gasteiger partial charge on any atom is -0.342 e. The molecule has 7 heteroatoms. The fourth-order valence-corrected chi connectivity index (χ4v) is 3.84. The molecule has 0 aromatic rings. The van der Waals surface area contributed by atoms with Gasteiger partial charge in [0.2, 0.25) is 11.8 Å². The molecule has 6 nitrogen and oxygen atoms in total. The Morgan fingerprint density at radius 1 is 1.19 bits per heavy atom. The van der Waals surface area contributed by atoms with Gasteiger partial charge in [0.05, 0.1) is 5.75 Å². The van der Waals surface area contributed by atoms with Crippen LogP contribution in [0, 0.1) is 0 Å². The van der Waals surface area contributed by atoms with Crippen molar-refractivity contribution in [3.05, 3.63) is 0 Å². The summed E-state index contributed by atoms with van der Waals surface area (Å²) >= 11 is 0. The summed E-state index contributed by atoms with van der Waals surface area (Å²) in [4.78, 5) is 26.2. The van der Waals surface area contributed by atoms with Gasteiger partial charge in [-0.25, -0.2) is 8.42 Å². The second-order valence-electron chi connectivity index (χ2n) is 5.70. The highest BCUT2D eigenvalue weighted by Crippen LogP contribution is 2.25. The van der Waals surface area contributed by atoms with Crippen LogP contribution in [-0.4, -0.2) is 54.8 Å². The molecule has 0 aromatic heterocycles. The minimum atomic E-state index is -3.18. The number of hydrogen-bond acceptors (Lipinski definition) is 4. The number of nitrogens with zero attached hydrogens (tertiary/aromatic N) is 1. The van der Waals surface area contributed by atoms with Crippen LogP contribution in [0.15, 0.2) is 0 Å². The van der Waals surface area contributed by atoms with E-state index in [0.29, 0.717) is 19.3 Å². The molecule has 2 unspecified atom stereocenters. The van der Waals surface area contributed by atoms with E-state index in [1.165, 1.54) is 4.90 Å². The predicted molar refractivity (Wildman–Crippen MR) is 81.6 cm³/mol. The maximum atomic E-state index is 12.5. The van der Waals surface area contributed by atoms with Gasteiger partial charge >= 0.3 is 0 Å². The van der Waals surface area contributed by atoms with Crippen LogP contribution in [0.3, 0.4) is 0 Å². The van der Waals surface area contributed by atoms with Crippen molar-refractivity contribution in [3.8, 4) is 0 Å². The van der Waals surface area contributed by atoms with E-state index in [1.807, 2.05) is 13.8 Å². The van der Waals surface area contributed by atoms with Crippen LogP contribution in [0.25, 0.3) is 0 Å². The number of amides is 2. The summed E-state index contributed by atoms with van der Waals surface area (Å²) in [5.74, 6) is -0.370. The molecule has 2 amide bonds. The quantitative estimate of drug-likeness (QED) is 0.749. The van der Waals surface area contributed by atoms with Crippen molar-refractivity contribution in [1.82, 2.24) is 10.2 Å². The number of piperazine rings is 1. The number of hydrogen-bond donors (Lipinski definition) is 1. The maximum Gasteiger partial charge on any atom is 0.246 e. The molecule has 1 heterocycles. The van der Waals surface area contributed by atoms with Crippen molar-refractivity contribution in [1.29, 1.82) is 0 Å². The zero-order chi connectivity index (χ0) is 16.3. The summed E-state index contributed by atoms with van der Waals surface area (Å²) in [6, 6.07) is -0.550. The van der Waals surface area contributed by atoms with Gasteiger partial charge in [0.25, 0.3) is 0 Å². The van der Waals surface area contributed by atoms with Crippen LogP contribution >= 0.6 is 0 Å². The maximum absolute atomic E-state index is 12.5. The van der Waals surface area contributed by atoms with Gasteiger partial charge in [0.1, 0.15) is 11.6 Å². The normalized spacial score (nSPS) is 26.9. The van der Waals surface area contributed by atoms with Crippen molar-refractivity contribution in [3.63, 3.8) is 0 Å². The van der Waals surface area contributed by atoms with Crippen LogP contribution in [0.2, 0.25) is 0 Å². The first kappa shape index (κ1) is 17.9. The van der Waals surface area contributed by atoms with E-state index in [4.69, 9.17) is 0 Å². The molecule has 0 spiro atoms. The topological polar surface area (TPSA) is 83.6 Å². The molecule has 122 valence electrons. The van der Waals surface area contributed by atoms with E-state index >= 15 is 0 Å². The Hall–Kier alpha value is -1.11. The van der Waals surface area contributed by atoms with Crippen molar-refractivity contribution in [2.24, 2.45) is 0 Å². The van der Waals surface area contributed by atoms with E-state index in [2.05, 4.69) is 5.32 Å². The van der Waals surface area contributed by atoms with E-state index in [0.717, 1.165) is 0 Å². The Morgan fingerprint density at radius 3 is 2.29 bits per heavy atom. The summed E-state index contributed by atoms with van der Waals surface area (Å²) in [5, 5.41) is 2.73. The SMILES string of the molecule is CCCS(=O)(=O)CCN1C(=O)C(CC)NC(=O)C1(C)CC. The molecule has 1 aliphatic heterocycles. The van der Waals surface area contributed by atoms with Crippen LogP contribution in [0.1, 0.15) is 47.0 Å². The van der Waals surface area contributed by atoms with Crippen molar-refractivity contribution in [2.75, 3.05) is 18.1 Å². The van der Waals surface area contributed by atoms with Crippen LogP contribution in [0.4, 0.5) is 0 Å². The lowest BCUT2D eigenvalue weighted by Crippen LogP contribution is -2.69. The fourth-order valence-electron chi connectivity index (χ4n) is 2.56. The Balaban J connectivity index is 2.97. The molecular formula is C14H26N2O4S. The second kappa shape index (κ2) is 6.77. The van der Waals surface area contributed by atoms with Gasteiger partial charge in [-0.1, -0.05) is 20.8 Å². The highest BCUT2D eigenvalue weighted by atomic mass is 32.2. The second-order valence-corrected chi connectivity index (χ2v) is 8.01. The van der Waals surface area contributed by atoms with Gasteiger partial charge in [-0.2, -0.15) is 0 Å². The number of rotatable bonds is 7. The third-order valence-electron chi connectivity index (χ3n) is 4.19. The summed E-state index contributed by atoms with van der Waals surface area (Å²) in [7, 11) is -3.18. The lowest BCUT2D eigenvalue weighted by Gasteiger charge is -2.45. The average Bonchev–Trinajstić information content (AvgIpc) is 2.42. The Kier molecular flexibility index (Phi) is 5.78. The van der Waals surface area contributed by atoms with E-state index in [9.17, 15) is 18.0 Å². The number of sulfone groups is 1. The monoisotopic (exact) mass is 318 g/mol. The molecule has 0 saturated carbocycles. The Bertz CT molecular complexity index is 503. The first-order valence-electron chi connectivity index (χ1n) is 7.54. The zero-order valence-electron chi connectivity index (χ0n) is 13.3. The van der Waals surface area contributed by atoms with Crippen LogP contribution in [-0.2, 0) is 19.4 Å². The highest BCUT2D eigenvalue weighted by molar-refractivity contribution is 7.91. The number of carbonyl (C=O) groups is 2. The molecule has 0 radical (unpaired) electrons. The molecule has 21 heavy (non-hydrogen) atoms. The smallest absolute Gasteiger partial charge is 0.246 e. The average molecular weight is 318 g/mol. The standard InChI is InChI=1S/C14H26N2O4S/c1-5-9-21(19,20)10-8-16-12(17)11(6-2)15-13(18)14(16,4)7-3/h11H,5-10H2,1-4H3,(H,15,18). The first-order chi connectivity index (χ1) is 9.71. The molecule has 0 aliphatic carbocycles. The van der Waals surface area contributed by atoms with Gasteiger partial charge < -0.3 is 10.2 Å². The van der Waals surface area contributed by atoms with Crippen molar-refractivity contribution in [2.45, 2.75) is 58.5 Å². The zero-order valence-corrected chi connectivity index (χ0v) is 14.1. The third-order valence-corrected chi connectivity index (χ3v) is 6.03. The predicted octanol–water partition coefficient (Wildman–Crippen LogP) is 0.717. The van der Waals surface area contributed by atoms with Gasteiger partial charge in [-0.05, 0) is 26.2 Å². The highest BCUT2D eigenvalue weighted by Gasteiger charge is 2.47. The van der Waals surface area contributed by atoms with E-state index < -0.39 is 21.4 Å². The van der Waals surface area contributed by atoms with Crippen LogP contribution < -0.4 is 5.32 Å².